The molecule has 0 aromatic heterocycles. The Hall–Kier alpha value is -2.32. The van der Waals surface area contributed by atoms with Gasteiger partial charge in [0.2, 0.25) is 5.91 Å². The molecule has 112 valence electrons. The van der Waals surface area contributed by atoms with Gasteiger partial charge < -0.3 is 15.7 Å². The normalized spacial score (nSPS) is 9.62. The van der Waals surface area contributed by atoms with Crippen molar-refractivity contribution in [1.29, 1.82) is 0 Å². The van der Waals surface area contributed by atoms with Crippen molar-refractivity contribution in [1.82, 2.24) is 4.90 Å². The molecule has 5 nitrogen and oxygen atoms in total. The molecule has 1 aromatic rings. The van der Waals surface area contributed by atoms with E-state index in [4.69, 9.17) is 10.8 Å². The van der Waals surface area contributed by atoms with E-state index < -0.39 is 5.91 Å². The molecule has 1 rings (SSSR count). The Balaban J connectivity index is 2.94. The smallest absolute Gasteiger partial charge is 0.254 e. The van der Waals surface area contributed by atoms with E-state index >= 15 is 0 Å². The summed E-state index contributed by atoms with van der Waals surface area (Å²) in [4.78, 5) is 25.0. The van der Waals surface area contributed by atoms with Gasteiger partial charge in [0.1, 0.15) is 6.61 Å². The van der Waals surface area contributed by atoms with Gasteiger partial charge in [0.25, 0.3) is 5.91 Å². The molecule has 0 aliphatic carbocycles. The molecule has 0 saturated heterocycles. The lowest BCUT2D eigenvalue weighted by Crippen LogP contribution is -2.39. The van der Waals surface area contributed by atoms with Gasteiger partial charge in [0.05, 0.1) is 6.54 Å². The number of carbonyl (C=O) groups is 2. The number of nitrogens with two attached hydrogens (primary N) is 1. The maximum absolute atomic E-state index is 12.4. The van der Waals surface area contributed by atoms with Crippen molar-refractivity contribution >= 4 is 11.8 Å². The van der Waals surface area contributed by atoms with Crippen LogP contribution >= 0.6 is 0 Å². The number of hydrogen-bond donors (Lipinski definition) is 2. The van der Waals surface area contributed by atoms with Crippen LogP contribution in [0.1, 0.15) is 35.7 Å². The van der Waals surface area contributed by atoms with E-state index in [1.165, 1.54) is 4.90 Å². The number of benzene rings is 1. The molecule has 0 aliphatic rings. The second-order valence-corrected chi connectivity index (χ2v) is 4.59. The summed E-state index contributed by atoms with van der Waals surface area (Å²) in [6.45, 7) is 2.18. The monoisotopic (exact) mass is 288 g/mol. The molecule has 21 heavy (non-hydrogen) atoms. The second kappa shape index (κ2) is 8.77. The van der Waals surface area contributed by atoms with Crippen LogP contribution in [0.5, 0.6) is 0 Å². The third-order valence-corrected chi connectivity index (χ3v) is 2.84. The van der Waals surface area contributed by atoms with Crippen LogP contribution in [0.3, 0.4) is 0 Å². The van der Waals surface area contributed by atoms with Gasteiger partial charge in [-0.3, -0.25) is 9.59 Å². The molecule has 0 atom stereocenters. The quantitative estimate of drug-likeness (QED) is 0.758. The Morgan fingerprint density at radius 2 is 2.14 bits per heavy atom. The minimum atomic E-state index is -0.532. The number of rotatable bonds is 6. The largest absolute Gasteiger partial charge is 0.384 e. The molecule has 0 unspecified atom stereocenters. The van der Waals surface area contributed by atoms with Crippen molar-refractivity contribution in [3.8, 4) is 11.8 Å². The van der Waals surface area contributed by atoms with Crippen molar-refractivity contribution in [2.45, 2.75) is 19.8 Å². The van der Waals surface area contributed by atoms with Gasteiger partial charge in [0.15, 0.2) is 0 Å². The molecule has 0 spiro atoms. The van der Waals surface area contributed by atoms with Crippen LogP contribution in [0.4, 0.5) is 0 Å². The van der Waals surface area contributed by atoms with Gasteiger partial charge in [-0.05, 0) is 24.6 Å². The Morgan fingerprint density at radius 1 is 1.38 bits per heavy atom. The van der Waals surface area contributed by atoms with Crippen molar-refractivity contribution in [3.63, 3.8) is 0 Å². The number of aliphatic hydroxyl groups is 1. The predicted molar refractivity (Wildman–Crippen MR) is 80.4 cm³/mol. The van der Waals surface area contributed by atoms with E-state index in [9.17, 15) is 9.59 Å². The van der Waals surface area contributed by atoms with Crippen molar-refractivity contribution < 1.29 is 14.7 Å². The van der Waals surface area contributed by atoms with E-state index in [0.29, 0.717) is 17.7 Å². The van der Waals surface area contributed by atoms with Crippen molar-refractivity contribution in [2.24, 2.45) is 5.73 Å². The molecule has 0 heterocycles. The maximum atomic E-state index is 12.4. The van der Waals surface area contributed by atoms with Gasteiger partial charge in [-0.25, -0.2) is 0 Å². The van der Waals surface area contributed by atoms with Crippen LogP contribution in [0.25, 0.3) is 0 Å². The Labute approximate surface area is 124 Å². The van der Waals surface area contributed by atoms with E-state index in [1.807, 2.05) is 6.92 Å². The molecule has 0 fully saturated rings. The number of unbranched alkanes of at least 4 members (excludes halogenated alkanes) is 1. The first kappa shape index (κ1) is 16.7. The lowest BCUT2D eigenvalue weighted by Gasteiger charge is -2.21. The van der Waals surface area contributed by atoms with Crippen molar-refractivity contribution in [3.05, 3.63) is 35.4 Å². The third kappa shape index (κ3) is 5.67. The van der Waals surface area contributed by atoms with Gasteiger partial charge in [-0.15, -0.1) is 0 Å². The van der Waals surface area contributed by atoms with Gasteiger partial charge in [0, 0.05) is 17.7 Å². The minimum Gasteiger partial charge on any atom is -0.384 e. The third-order valence-electron chi connectivity index (χ3n) is 2.84. The summed E-state index contributed by atoms with van der Waals surface area (Å²) in [5.41, 5.74) is 6.29. The Bertz CT molecular complexity index is 558. The Morgan fingerprint density at radius 3 is 2.76 bits per heavy atom. The average Bonchev–Trinajstić information content (AvgIpc) is 2.48. The zero-order chi connectivity index (χ0) is 15.7. The highest BCUT2D eigenvalue weighted by Crippen LogP contribution is 2.09. The SMILES string of the molecule is CCCCN(CC(N)=O)C(=O)c1cccc(C#CCO)c1. The minimum absolute atomic E-state index is 0.0919. The van der Waals surface area contributed by atoms with E-state index in [1.54, 1.807) is 24.3 Å². The molecular weight excluding hydrogens is 268 g/mol. The molecule has 3 N–H and O–H groups in total. The molecule has 5 heteroatoms. The fraction of sp³-hybridized carbons (Fsp3) is 0.375. The molecule has 0 saturated carbocycles. The standard InChI is InChI=1S/C16H20N2O3/c1-2-3-9-18(12-15(17)20)16(21)14-8-4-6-13(11-14)7-5-10-19/h4,6,8,11,19H,2-3,9-10,12H2,1H3,(H2,17,20). The number of carbonyl (C=O) groups excluding carboxylic acids is 2. The topological polar surface area (TPSA) is 83.6 Å². The molecule has 2 amide bonds. The summed E-state index contributed by atoms with van der Waals surface area (Å²) in [7, 11) is 0. The Kier molecular flexibility index (Phi) is 6.99. The highest BCUT2D eigenvalue weighted by atomic mass is 16.2. The van der Waals surface area contributed by atoms with Crippen LogP contribution in [-0.2, 0) is 4.79 Å². The van der Waals surface area contributed by atoms with Crippen LogP contribution in [-0.4, -0.2) is 41.5 Å². The molecular formula is C16H20N2O3. The van der Waals surface area contributed by atoms with Crippen LogP contribution < -0.4 is 5.73 Å². The highest BCUT2D eigenvalue weighted by molar-refractivity contribution is 5.96. The summed E-state index contributed by atoms with van der Waals surface area (Å²) in [6.07, 6.45) is 1.73. The molecule has 1 aromatic carbocycles. The van der Waals surface area contributed by atoms with Gasteiger partial charge in [-0.1, -0.05) is 31.3 Å². The first-order valence-corrected chi connectivity index (χ1v) is 6.85. The number of primary amides is 1. The number of amides is 2. The number of hydrogen-bond acceptors (Lipinski definition) is 3. The van der Waals surface area contributed by atoms with Crippen LogP contribution in [0.15, 0.2) is 24.3 Å². The zero-order valence-corrected chi connectivity index (χ0v) is 12.1. The van der Waals surface area contributed by atoms with E-state index in [-0.39, 0.29) is 19.1 Å². The van der Waals surface area contributed by atoms with E-state index in [2.05, 4.69) is 11.8 Å². The van der Waals surface area contributed by atoms with E-state index in [0.717, 1.165) is 12.8 Å². The average molecular weight is 288 g/mol. The number of aliphatic hydroxyl groups excluding tert-OH is 1. The first-order valence-electron chi connectivity index (χ1n) is 6.85. The molecule has 0 radical (unpaired) electrons. The summed E-state index contributed by atoms with van der Waals surface area (Å²) < 4.78 is 0. The fourth-order valence-electron chi connectivity index (χ4n) is 1.84. The predicted octanol–water partition coefficient (Wildman–Crippen LogP) is 0.758. The lowest BCUT2D eigenvalue weighted by molar-refractivity contribution is -0.118. The maximum Gasteiger partial charge on any atom is 0.254 e. The van der Waals surface area contributed by atoms with Gasteiger partial charge >= 0.3 is 0 Å². The number of nitrogens with zero attached hydrogens (tertiary/aromatic N) is 1. The summed E-state index contributed by atoms with van der Waals surface area (Å²) in [5, 5.41) is 8.69. The zero-order valence-electron chi connectivity index (χ0n) is 12.1. The highest BCUT2D eigenvalue weighted by Gasteiger charge is 2.17. The lowest BCUT2D eigenvalue weighted by atomic mass is 10.1. The first-order chi connectivity index (χ1) is 10.1. The molecule has 0 aliphatic heterocycles. The van der Waals surface area contributed by atoms with Gasteiger partial charge in [-0.2, -0.15) is 0 Å². The summed E-state index contributed by atoms with van der Waals surface area (Å²) in [6, 6.07) is 6.79. The van der Waals surface area contributed by atoms with Crippen LogP contribution in [0, 0.1) is 11.8 Å². The summed E-state index contributed by atoms with van der Waals surface area (Å²) in [5.74, 6) is 4.51. The summed E-state index contributed by atoms with van der Waals surface area (Å²) >= 11 is 0. The van der Waals surface area contributed by atoms with Crippen molar-refractivity contribution in [2.75, 3.05) is 19.7 Å². The van der Waals surface area contributed by atoms with Crippen LogP contribution in [0.2, 0.25) is 0 Å². The fourth-order valence-corrected chi connectivity index (χ4v) is 1.84. The second-order valence-electron chi connectivity index (χ2n) is 4.59. The molecule has 0 bridgehead atoms.